The summed E-state index contributed by atoms with van der Waals surface area (Å²) in [5, 5.41) is 11.7. The van der Waals surface area contributed by atoms with Gasteiger partial charge in [-0.1, -0.05) is 0 Å². The minimum absolute atomic E-state index is 0.298. The van der Waals surface area contributed by atoms with Crippen LogP contribution in [0.25, 0.3) is 0 Å². The lowest BCUT2D eigenvalue weighted by Crippen LogP contribution is -2.54. The molecule has 0 saturated carbocycles. The third kappa shape index (κ3) is 4.58. The number of hydrogen-bond acceptors (Lipinski definition) is 4. The molecule has 1 amide bonds. The molecule has 1 aliphatic heterocycles. The molecule has 0 spiro atoms. The van der Waals surface area contributed by atoms with E-state index in [2.05, 4.69) is 10.1 Å². The Labute approximate surface area is 96.1 Å². The van der Waals surface area contributed by atoms with Gasteiger partial charge in [0.2, 0.25) is 5.91 Å². The van der Waals surface area contributed by atoms with Crippen molar-refractivity contribution in [3.8, 4) is 6.07 Å². The molecule has 1 saturated heterocycles. The highest BCUT2D eigenvalue weighted by molar-refractivity contribution is 5.78. The van der Waals surface area contributed by atoms with Crippen molar-refractivity contribution in [3.63, 3.8) is 0 Å². The van der Waals surface area contributed by atoms with E-state index in [4.69, 9.17) is 5.26 Å². The Morgan fingerprint density at radius 3 is 2.88 bits per heavy atom. The molecule has 17 heavy (non-hydrogen) atoms. The molecule has 0 bridgehead atoms. The predicted molar refractivity (Wildman–Crippen MR) is 50.9 cm³/mol. The Hall–Kier alpha value is -1.33. The number of halogens is 3. The molecule has 5 nitrogen and oxygen atoms in total. The molecule has 8 heteroatoms. The zero-order chi connectivity index (χ0) is 12.9. The second-order valence-electron chi connectivity index (χ2n) is 3.54. The number of hydrogen-bond donors (Lipinski definition) is 1. The molecule has 0 aromatic carbocycles. The van der Waals surface area contributed by atoms with Crippen LogP contribution in [0, 0.1) is 11.3 Å². The smallest absolute Gasteiger partial charge is 0.362 e. The number of alkyl halides is 3. The van der Waals surface area contributed by atoms with E-state index in [1.54, 1.807) is 0 Å². The number of rotatable bonds is 3. The van der Waals surface area contributed by atoms with Crippen molar-refractivity contribution in [3.05, 3.63) is 0 Å². The van der Waals surface area contributed by atoms with Gasteiger partial charge in [0.15, 0.2) is 0 Å². The molecular weight excluding hydrogens is 239 g/mol. The summed E-state index contributed by atoms with van der Waals surface area (Å²) in [6.07, 6.45) is -4.45. The molecule has 96 valence electrons. The first kappa shape index (κ1) is 13.7. The molecular formula is C9H12F3N3O2. The summed E-state index contributed by atoms with van der Waals surface area (Å²) in [4.78, 5) is 12.7. The highest BCUT2D eigenvalue weighted by atomic mass is 19.4. The quantitative estimate of drug-likeness (QED) is 0.760. The van der Waals surface area contributed by atoms with Crippen molar-refractivity contribution in [1.82, 2.24) is 10.2 Å². The lowest BCUT2D eigenvalue weighted by atomic mass is 10.2. The van der Waals surface area contributed by atoms with Crippen molar-refractivity contribution in [1.29, 1.82) is 5.26 Å². The standard InChI is InChI=1S/C9H12F3N3O2/c10-9(11,12)6-17-5-8(16)15-2-1-14-4-7(15)3-13/h7,14H,1-2,4-6H2. The lowest BCUT2D eigenvalue weighted by molar-refractivity contribution is -0.178. The van der Waals surface area contributed by atoms with E-state index in [1.807, 2.05) is 6.07 Å². The summed E-state index contributed by atoms with van der Waals surface area (Å²) in [6.45, 7) is -0.975. The fraction of sp³-hybridized carbons (Fsp3) is 0.778. The van der Waals surface area contributed by atoms with E-state index in [9.17, 15) is 18.0 Å². The zero-order valence-corrected chi connectivity index (χ0v) is 8.96. The predicted octanol–water partition coefficient (Wildman–Crippen LogP) is -0.111. The third-order valence-corrected chi connectivity index (χ3v) is 2.20. The maximum atomic E-state index is 11.8. The highest BCUT2D eigenvalue weighted by Crippen LogP contribution is 2.14. The van der Waals surface area contributed by atoms with Crippen LogP contribution in [0.2, 0.25) is 0 Å². The van der Waals surface area contributed by atoms with E-state index in [0.717, 1.165) is 0 Å². The average Bonchev–Trinajstić information content (AvgIpc) is 2.27. The Balaban J connectivity index is 2.38. The molecule has 0 aromatic heterocycles. The molecule has 1 rings (SSSR count). The van der Waals surface area contributed by atoms with Crippen LogP contribution in [-0.4, -0.2) is 55.9 Å². The van der Waals surface area contributed by atoms with Gasteiger partial charge in [0, 0.05) is 19.6 Å². The van der Waals surface area contributed by atoms with E-state index in [1.165, 1.54) is 4.90 Å². The molecule has 1 N–H and O–H groups in total. The molecule has 1 unspecified atom stereocenters. The van der Waals surface area contributed by atoms with Crippen LogP contribution in [0.5, 0.6) is 0 Å². The van der Waals surface area contributed by atoms with Gasteiger partial charge in [-0.3, -0.25) is 4.79 Å². The summed E-state index contributed by atoms with van der Waals surface area (Å²) in [6, 6.07) is 1.26. The van der Waals surface area contributed by atoms with E-state index >= 15 is 0 Å². The molecule has 0 radical (unpaired) electrons. The van der Waals surface area contributed by atoms with Gasteiger partial charge in [-0.2, -0.15) is 18.4 Å². The normalized spacial score (nSPS) is 21.1. The van der Waals surface area contributed by atoms with Gasteiger partial charge in [-0.25, -0.2) is 0 Å². The largest absolute Gasteiger partial charge is 0.411 e. The summed E-state index contributed by atoms with van der Waals surface area (Å²) >= 11 is 0. The van der Waals surface area contributed by atoms with Crippen LogP contribution < -0.4 is 5.32 Å². The van der Waals surface area contributed by atoms with Gasteiger partial charge in [0.25, 0.3) is 0 Å². The summed E-state index contributed by atoms with van der Waals surface area (Å²) in [7, 11) is 0. The van der Waals surface area contributed by atoms with Gasteiger partial charge >= 0.3 is 6.18 Å². The lowest BCUT2D eigenvalue weighted by Gasteiger charge is -2.31. The second-order valence-corrected chi connectivity index (χ2v) is 3.54. The van der Waals surface area contributed by atoms with Crippen molar-refractivity contribution in [2.75, 3.05) is 32.8 Å². The minimum Gasteiger partial charge on any atom is -0.362 e. The zero-order valence-electron chi connectivity index (χ0n) is 8.96. The number of amides is 1. The molecule has 1 fully saturated rings. The number of carbonyl (C=O) groups excluding carboxylic acids is 1. The molecule has 0 aliphatic carbocycles. The number of ether oxygens (including phenoxy) is 1. The number of nitriles is 1. The average molecular weight is 251 g/mol. The van der Waals surface area contributed by atoms with Crippen LogP contribution in [0.15, 0.2) is 0 Å². The van der Waals surface area contributed by atoms with Crippen molar-refractivity contribution >= 4 is 5.91 Å². The second kappa shape index (κ2) is 5.84. The van der Waals surface area contributed by atoms with Gasteiger partial charge in [-0.05, 0) is 0 Å². The third-order valence-electron chi connectivity index (χ3n) is 2.20. The Morgan fingerprint density at radius 2 is 2.29 bits per heavy atom. The van der Waals surface area contributed by atoms with Crippen LogP contribution in [0.4, 0.5) is 13.2 Å². The van der Waals surface area contributed by atoms with E-state index < -0.39 is 31.3 Å². The first-order chi connectivity index (χ1) is 7.94. The number of nitrogens with zero attached hydrogens (tertiary/aromatic N) is 2. The topological polar surface area (TPSA) is 65.4 Å². The number of piperazine rings is 1. The highest BCUT2D eigenvalue weighted by Gasteiger charge is 2.30. The maximum Gasteiger partial charge on any atom is 0.411 e. The van der Waals surface area contributed by atoms with Gasteiger partial charge < -0.3 is 15.0 Å². The van der Waals surface area contributed by atoms with Crippen molar-refractivity contribution in [2.45, 2.75) is 12.2 Å². The molecule has 1 atom stereocenters. The first-order valence-electron chi connectivity index (χ1n) is 4.98. The van der Waals surface area contributed by atoms with Crippen molar-refractivity contribution in [2.24, 2.45) is 0 Å². The Morgan fingerprint density at radius 1 is 1.59 bits per heavy atom. The van der Waals surface area contributed by atoms with E-state index in [-0.39, 0.29) is 0 Å². The first-order valence-corrected chi connectivity index (χ1v) is 4.98. The summed E-state index contributed by atoms with van der Waals surface area (Å²) in [5.74, 6) is -0.595. The maximum absolute atomic E-state index is 11.8. The SMILES string of the molecule is N#CC1CNCCN1C(=O)COCC(F)(F)F. The fourth-order valence-corrected chi connectivity index (χ4v) is 1.46. The van der Waals surface area contributed by atoms with Crippen molar-refractivity contribution < 1.29 is 22.7 Å². The molecule has 1 aliphatic rings. The van der Waals surface area contributed by atoms with Crippen LogP contribution >= 0.6 is 0 Å². The van der Waals surface area contributed by atoms with Gasteiger partial charge in [0.1, 0.15) is 19.3 Å². The Bertz CT molecular complexity index is 314. The Kier molecular flexibility index (Phi) is 4.72. The van der Waals surface area contributed by atoms with E-state index in [0.29, 0.717) is 19.6 Å². The van der Waals surface area contributed by atoms with Gasteiger partial charge in [-0.15, -0.1) is 0 Å². The monoisotopic (exact) mass is 251 g/mol. The van der Waals surface area contributed by atoms with Crippen LogP contribution in [-0.2, 0) is 9.53 Å². The van der Waals surface area contributed by atoms with Gasteiger partial charge in [0.05, 0.1) is 6.07 Å². The minimum atomic E-state index is -4.45. The van der Waals surface area contributed by atoms with Crippen LogP contribution in [0.3, 0.4) is 0 Å². The molecule has 0 aromatic rings. The fourth-order valence-electron chi connectivity index (χ4n) is 1.46. The molecule has 1 heterocycles. The number of carbonyl (C=O) groups is 1. The number of nitrogens with one attached hydrogen (secondary N) is 1. The van der Waals surface area contributed by atoms with Crippen LogP contribution in [0.1, 0.15) is 0 Å². The summed E-state index contributed by atoms with van der Waals surface area (Å²) < 4.78 is 39.6. The summed E-state index contributed by atoms with van der Waals surface area (Å²) in [5.41, 5.74) is 0.